The molecule has 2 unspecified atom stereocenters. The largest absolute Gasteiger partial charge is 0.461 e. The fraction of sp³-hybridized carbons (Fsp3) is 0.259. The summed E-state index contributed by atoms with van der Waals surface area (Å²) in [6.45, 7) is 0.105. The first-order valence-electron chi connectivity index (χ1n) is 11.5. The summed E-state index contributed by atoms with van der Waals surface area (Å²) >= 11 is 6.18. The highest BCUT2D eigenvalue weighted by Gasteiger charge is 2.33. The van der Waals surface area contributed by atoms with Crippen LogP contribution in [-0.2, 0) is 38.5 Å². The summed E-state index contributed by atoms with van der Waals surface area (Å²) < 4.78 is 23.8. The lowest BCUT2D eigenvalue weighted by molar-refractivity contribution is -0.145. The number of ether oxygens (including phenoxy) is 2. The third-order valence-corrected chi connectivity index (χ3v) is 8.10. The van der Waals surface area contributed by atoms with Gasteiger partial charge in [-0.3, -0.25) is 9.36 Å². The van der Waals surface area contributed by atoms with E-state index in [1.807, 2.05) is 48.5 Å². The first kappa shape index (κ1) is 27.5. The molecular formula is C27H29ClNO6P. The van der Waals surface area contributed by atoms with Gasteiger partial charge in [-0.1, -0.05) is 90.5 Å². The normalized spacial score (nSPS) is 13.3. The van der Waals surface area contributed by atoms with E-state index in [1.54, 1.807) is 36.4 Å². The van der Waals surface area contributed by atoms with Crippen LogP contribution >= 0.6 is 19.0 Å². The average molecular weight is 530 g/mol. The molecule has 3 aromatic carbocycles. The van der Waals surface area contributed by atoms with Gasteiger partial charge in [-0.05, 0) is 35.6 Å². The standard InChI is InChI=1S/C27H29ClNO6P/c28-24-14-8-7-13-23(24)17-18-36(32,33)25(29-27(31)35-20-22-11-5-2-6-12-22)15-16-26(30)34-19-21-9-3-1-4-10-21/h1-14,25H,15-20H2,(H,29,31)(H,32,33). The number of hydrogen-bond donors (Lipinski definition) is 2. The van der Waals surface area contributed by atoms with Crippen molar-refractivity contribution in [3.8, 4) is 0 Å². The molecule has 190 valence electrons. The van der Waals surface area contributed by atoms with E-state index in [1.165, 1.54) is 0 Å². The van der Waals surface area contributed by atoms with Gasteiger partial charge >= 0.3 is 12.1 Å². The highest BCUT2D eigenvalue weighted by atomic mass is 35.5. The molecule has 0 heterocycles. The topological polar surface area (TPSA) is 102 Å². The number of aryl methyl sites for hydroxylation is 1. The molecule has 0 aromatic heterocycles. The van der Waals surface area contributed by atoms with Crippen LogP contribution in [-0.4, -0.2) is 28.9 Å². The fourth-order valence-electron chi connectivity index (χ4n) is 3.48. The van der Waals surface area contributed by atoms with Gasteiger partial charge in [0.25, 0.3) is 0 Å². The highest BCUT2D eigenvalue weighted by Crippen LogP contribution is 2.47. The van der Waals surface area contributed by atoms with Gasteiger partial charge < -0.3 is 19.7 Å². The summed E-state index contributed by atoms with van der Waals surface area (Å²) in [7, 11) is -3.95. The molecule has 2 N–H and O–H groups in total. The second kappa shape index (κ2) is 13.8. The molecule has 1 amide bonds. The van der Waals surface area contributed by atoms with Gasteiger partial charge in [0.1, 0.15) is 19.0 Å². The van der Waals surface area contributed by atoms with Crippen LogP contribution in [0.1, 0.15) is 29.5 Å². The van der Waals surface area contributed by atoms with E-state index >= 15 is 0 Å². The van der Waals surface area contributed by atoms with Gasteiger partial charge in [-0.2, -0.15) is 0 Å². The van der Waals surface area contributed by atoms with Crippen LogP contribution in [0.2, 0.25) is 5.02 Å². The maximum Gasteiger partial charge on any atom is 0.408 e. The molecule has 0 saturated heterocycles. The van der Waals surface area contributed by atoms with Gasteiger partial charge in [0.05, 0.1) is 0 Å². The Kier molecular flexibility index (Phi) is 10.6. The molecular weight excluding hydrogens is 501 g/mol. The zero-order valence-corrected chi connectivity index (χ0v) is 21.4. The van der Waals surface area contributed by atoms with Crippen molar-refractivity contribution in [2.45, 2.75) is 38.3 Å². The molecule has 9 heteroatoms. The lowest BCUT2D eigenvalue weighted by Gasteiger charge is -2.24. The molecule has 0 spiro atoms. The van der Waals surface area contributed by atoms with Crippen LogP contribution in [0.3, 0.4) is 0 Å². The van der Waals surface area contributed by atoms with Crippen molar-refractivity contribution < 1.29 is 28.5 Å². The van der Waals surface area contributed by atoms with Crippen molar-refractivity contribution in [1.29, 1.82) is 0 Å². The Balaban J connectivity index is 1.61. The summed E-state index contributed by atoms with van der Waals surface area (Å²) in [4.78, 5) is 35.6. The van der Waals surface area contributed by atoms with Crippen molar-refractivity contribution in [2.24, 2.45) is 0 Å². The molecule has 36 heavy (non-hydrogen) atoms. The number of benzene rings is 3. The number of nitrogens with one attached hydrogen (secondary N) is 1. The number of halogens is 1. The molecule has 0 aliphatic rings. The minimum atomic E-state index is -3.95. The van der Waals surface area contributed by atoms with Crippen LogP contribution < -0.4 is 5.32 Å². The second-order valence-corrected chi connectivity index (χ2v) is 11.2. The number of carbonyl (C=O) groups excluding carboxylic acids is 2. The minimum absolute atomic E-state index is 0.00780. The van der Waals surface area contributed by atoms with E-state index < -0.39 is 25.2 Å². The number of esters is 1. The zero-order valence-electron chi connectivity index (χ0n) is 19.7. The molecule has 3 aromatic rings. The van der Waals surface area contributed by atoms with Gasteiger partial charge in [0.15, 0.2) is 0 Å². The van der Waals surface area contributed by atoms with Gasteiger partial charge in [-0.25, -0.2) is 4.79 Å². The third-order valence-electron chi connectivity index (χ3n) is 5.51. The number of carbonyl (C=O) groups is 2. The molecule has 2 atom stereocenters. The van der Waals surface area contributed by atoms with Gasteiger partial charge in [0.2, 0.25) is 7.37 Å². The Hall–Kier alpha value is -3.12. The van der Waals surface area contributed by atoms with Crippen LogP contribution in [0.4, 0.5) is 4.79 Å². The maximum absolute atomic E-state index is 13.3. The fourth-order valence-corrected chi connectivity index (χ4v) is 5.42. The van der Waals surface area contributed by atoms with Gasteiger partial charge in [-0.15, -0.1) is 0 Å². The Morgan fingerprint density at radius 3 is 2.03 bits per heavy atom. The number of amides is 1. The molecule has 0 fully saturated rings. The number of rotatable bonds is 12. The molecule has 0 saturated carbocycles. The van der Waals surface area contributed by atoms with Crippen LogP contribution in [0.5, 0.6) is 0 Å². The molecule has 0 radical (unpaired) electrons. The Labute approximate surface area is 215 Å². The van der Waals surface area contributed by atoms with Crippen molar-refractivity contribution >= 4 is 31.0 Å². The summed E-state index contributed by atoms with van der Waals surface area (Å²) in [5, 5.41) is 2.99. The Morgan fingerprint density at radius 1 is 0.861 bits per heavy atom. The molecule has 0 bridgehead atoms. The highest BCUT2D eigenvalue weighted by molar-refractivity contribution is 7.58. The van der Waals surface area contributed by atoms with E-state index in [0.29, 0.717) is 5.02 Å². The number of alkyl carbamates (subject to hydrolysis) is 1. The summed E-state index contributed by atoms with van der Waals surface area (Å²) in [6.07, 6.45) is -0.950. The third kappa shape index (κ3) is 9.15. The van der Waals surface area contributed by atoms with Crippen molar-refractivity contribution in [2.75, 3.05) is 6.16 Å². The lowest BCUT2D eigenvalue weighted by atomic mass is 10.2. The molecule has 0 aliphatic carbocycles. The van der Waals surface area contributed by atoms with Crippen molar-refractivity contribution in [3.05, 3.63) is 107 Å². The van der Waals surface area contributed by atoms with E-state index in [0.717, 1.165) is 16.7 Å². The van der Waals surface area contributed by atoms with Crippen molar-refractivity contribution in [1.82, 2.24) is 5.32 Å². The van der Waals surface area contributed by atoms with Crippen LogP contribution in [0, 0.1) is 0 Å². The van der Waals surface area contributed by atoms with E-state index in [9.17, 15) is 19.0 Å². The van der Waals surface area contributed by atoms with Crippen LogP contribution in [0.25, 0.3) is 0 Å². The molecule has 3 rings (SSSR count). The van der Waals surface area contributed by atoms with Crippen molar-refractivity contribution in [3.63, 3.8) is 0 Å². The quantitative estimate of drug-likeness (QED) is 0.223. The zero-order chi connectivity index (χ0) is 25.8. The van der Waals surface area contributed by atoms with E-state index in [-0.39, 0.29) is 38.6 Å². The average Bonchev–Trinajstić information content (AvgIpc) is 2.89. The summed E-state index contributed by atoms with van der Waals surface area (Å²) in [5.41, 5.74) is 2.33. The first-order valence-corrected chi connectivity index (χ1v) is 13.8. The molecule has 0 aliphatic heterocycles. The summed E-state index contributed by atoms with van der Waals surface area (Å²) in [5.74, 6) is -1.72. The maximum atomic E-state index is 13.3. The van der Waals surface area contributed by atoms with E-state index in [2.05, 4.69) is 5.32 Å². The van der Waals surface area contributed by atoms with Gasteiger partial charge in [0, 0.05) is 17.6 Å². The SMILES string of the molecule is O=C(CCC(NC(=O)OCc1ccccc1)P(=O)(O)CCc1ccccc1Cl)OCc1ccccc1. The van der Waals surface area contributed by atoms with E-state index in [4.69, 9.17) is 21.1 Å². The van der Waals surface area contributed by atoms with Crippen LogP contribution in [0.15, 0.2) is 84.9 Å². The monoisotopic (exact) mass is 529 g/mol. The minimum Gasteiger partial charge on any atom is -0.461 e. The predicted octanol–water partition coefficient (Wildman–Crippen LogP) is 5.93. The second-order valence-electron chi connectivity index (χ2n) is 8.23. The molecule has 7 nitrogen and oxygen atoms in total. The summed E-state index contributed by atoms with van der Waals surface area (Å²) in [6, 6.07) is 25.3. The smallest absolute Gasteiger partial charge is 0.408 e. The first-order chi connectivity index (χ1) is 17.3. The predicted molar refractivity (Wildman–Crippen MR) is 139 cm³/mol. The Morgan fingerprint density at radius 2 is 1.42 bits per heavy atom. The lowest BCUT2D eigenvalue weighted by Crippen LogP contribution is -2.36. The number of hydrogen-bond acceptors (Lipinski definition) is 5. The Bertz CT molecular complexity index is 1180.